The number of aliphatic carboxylic acids is 1. The molecule has 1 heterocycles. The van der Waals surface area contributed by atoms with E-state index in [-0.39, 0.29) is 19.4 Å². The summed E-state index contributed by atoms with van der Waals surface area (Å²) in [6.07, 6.45) is 2.09. The molecule has 5 N–H and O–H groups in total. The van der Waals surface area contributed by atoms with Gasteiger partial charge in [-0.2, -0.15) is 0 Å². The average molecular weight is 487 g/mol. The molecule has 1 aromatic rings. The van der Waals surface area contributed by atoms with Crippen molar-refractivity contribution < 1.29 is 38.7 Å². The maximum Gasteiger partial charge on any atom is 0.322 e. The van der Waals surface area contributed by atoms with Gasteiger partial charge in [-0.05, 0) is 5.56 Å². The molecule has 1 aromatic carbocycles. The number of imide groups is 1. The molecule has 35 heavy (non-hydrogen) atoms. The van der Waals surface area contributed by atoms with Crippen LogP contribution in [0.5, 0.6) is 0 Å². The maximum absolute atomic E-state index is 12.3. The summed E-state index contributed by atoms with van der Waals surface area (Å²) < 4.78 is 0. The molecule has 6 amide bonds. The Morgan fingerprint density at radius 1 is 0.800 bits per heavy atom. The number of amides is 6. The van der Waals surface area contributed by atoms with Crippen molar-refractivity contribution in [2.75, 3.05) is 26.2 Å². The Kier molecular flexibility index (Phi) is 10.1. The molecule has 13 nitrogen and oxygen atoms in total. The minimum absolute atomic E-state index is 0.0968. The molecule has 0 unspecified atom stereocenters. The lowest BCUT2D eigenvalue weighted by Gasteiger charge is -2.18. The van der Waals surface area contributed by atoms with Crippen molar-refractivity contribution in [3.63, 3.8) is 0 Å². The fourth-order valence-electron chi connectivity index (χ4n) is 2.96. The Balaban J connectivity index is 1.76. The van der Waals surface area contributed by atoms with Gasteiger partial charge in [-0.25, -0.2) is 0 Å². The highest BCUT2D eigenvalue weighted by Gasteiger charge is 2.24. The number of nitrogens with one attached hydrogen (secondary N) is 4. The molecule has 186 valence electrons. The van der Waals surface area contributed by atoms with Gasteiger partial charge >= 0.3 is 5.97 Å². The van der Waals surface area contributed by atoms with Crippen LogP contribution in [0, 0.1) is 0 Å². The first-order valence-corrected chi connectivity index (χ1v) is 10.6. The van der Waals surface area contributed by atoms with E-state index in [9.17, 15) is 33.6 Å². The maximum atomic E-state index is 12.3. The number of hydrogen-bond acceptors (Lipinski definition) is 7. The quantitative estimate of drug-likeness (QED) is 0.188. The van der Waals surface area contributed by atoms with E-state index in [1.54, 1.807) is 30.3 Å². The predicted octanol–water partition coefficient (Wildman–Crippen LogP) is -2.54. The molecule has 2 rings (SSSR count). The zero-order chi connectivity index (χ0) is 25.8. The Morgan fingerprint density at radius 2 is 1.40 bits per heavy atom. The summed E-state index contributed by atoms with van der Waals surface area (Å²) in [7, 11) is 0. The molecule has 0 fully saturated rings. The normalized spacial score (nSPS) is 13.2. The Labute approximate surface area is 199 Å². The minimum Gasteiger partial charge on any atom is -0.480 e. The van der Waals surface area contributed by atoms with Gasteiger partial charge in [0, 0.05) is 31.5 Å². The second kappa shape index (κ2) is 13.2. The zero-order valence-corrected chi connectivity index (χ0v) is 18.6. The molecule has 0 aromatic heterocycles. The summed E-state index contributed by atoms with van der Waals surface area (Å²) in [5, 5.41) is 18.0. The van der Waals surface area contributed by atoms with Crippen LogP contribution in [0.25, 0.3) is 0 Å². The highest BCUT2D eigenvalue weighted by Crippen LogP contribution is 2.04. The third-order valence-corrected chi connectivity index (χ3v) is 4.70. The fraction of sp³-hybridized carbons (Fsp3) is 0.318. The Morgan fingerprint density at radius 3 is 2.03 bits per heavy atom. The summed E-state index contributed by atoms with van der Waals surface area (Å²) in [4.78, 5) is 82.8. The van der Waals surface area contributed by atoms with Gasteiger partial charge in [-0.15, -0.1) is 0 Å². The summed E-state index contributed by atoms with van der Waals surface area (Å²) >= 11 is 0. The van der Waals surface area contributed by atoms with Crippen LogP contribution in [0.2, 0.25) is 0 Å². The van der Waals surface area contributed by atoms with E-state index in [1.807, 2.05) is 0 Å². The Bertz CT molecular complexity index is 1010. The fourth-order valence-corrected chi connectivity index (χ4v) is 2.96. The van der Waals surface area contributed by atoms with Crippen molar-refractivity contribution in [2.45, 2.75) is 18.9 Å². The summed E-state index contributed by atoms with van der Waals surface area (Å²) in [5.41, 5.74) is 0.725. The summed E-state index contributed by atoms with van der Waals surface area (Å²) in [6.45, 7) is -1.69. The molecule has 0 aliphatic carbocycles. The molecule has 1 atom stereocenters. The first-order valence-electron chi connectivity index (χ1n) is 10.6. The summed E-state index contributed by atoms with van der Waals surface area (Å²) in [6, 6.07) is 7.66. The zero-order valence-electron chi connectivity index (χ0n) is 18.6. The van der Waals surface area contributed by atoms with Crippen LogP contribution in [0.15, 0.2) is 42.5 Å². The van der Waals surface area contributed by atoms with E-state index in [4.69, 9.17) is 5.11 Å². The number of nitrogens with zero attached hydrogens (tertiary/aromatic N) is 1. The number of carboxylic acid groups (broad SMARTS) is 1. The monoisotopic (exact) mass is 487 g/mol. The lowest BCUT2D eigenvalue weighted by atomic mass is 10.1. The number of carboxylic acids is 1. The van der Waals surface area contributed by atoms with Crippen LogP contribution in [0.1, 0.15) is 12.0 Å². The van der Waals surface area contributed by atoms with E-state index in [2.05, 4.69) is 21.3 Å². The van der Waals surface area contributed by atoms with Crippen molar-refractivity contribution in [1.82, 2.24) is 26.2 Å². The molecule has 13 heteroatoms. The van der Waals surface area contributed by atoms with E-state index in [1.165, 1.54) is 0 Å². The average Bonchev–Trinajstić information content (AvgIpc) is 3.15. The Hall–Kier alpha value is -4.55. The number of hydrogen-bond donors (Lipinski definition) is 5. The van der Waals surface area contributed by atoms with Gasteiger partial charge in [0.25, 0.3) is 11.8 Å². The third kappa shape index (κ3) is 9.45. The molecule has 0 spiro atoms. The molecule has 1 aliphatic rings. The van der Waals surface area contributed by atoms with Crippen molar-refractivity contribution in [3.8, 4) is 0 Å². The van der Waals surface area contributed by atoms with E-state index < -0.39 is 67.1 Å². The largest absolute Gasteiger partial charge is 0.480 e. The van der Waals surface area contributed by atoms with E-state index >= 15 is 0 Å². The smallest absolute Gasteiger partial charge is 0.322 e. The van der Waals surface area contributed by atoms with Gasteiger partial charge in [0.1, 0.15) is 12.6 Å². The lowest BCUT2D eigenvalue weighted by molar-refractivity contribution is -0.138. The minimum atomic E-state index is -1.24. The topological polar surface area (TPSA) is 191 Å². The van der Waals surface area contributed by atoms with Gasteiger partial charge in [0.15, 0.2) is 0 Å². The van der Waals surface area contributed by atoms with Crippen LogP contribution in [0.3, 0.4) is 0 Å². The predicted molar refractivity (Wildman–Crippen MR) is 119 cm³/mol. The van der Waals surface area contributed by atoms with Crippen molar-refractivity contribution in [1.29, 1.82) is 0 Å². The van der Waals surface area contributed by atoms with Gasteiger partial charge < -0.3 is 26.4 Å². The number of carbonyl (C=O) groups excluding carboxylic acids is 6. The van der Waals surface area contributed by atoms with E-state index in [0.717, 1.165) is 22.6 Å². The second-order valence-electron chi connectivity index (χ2n) is 7.39. The molecule has 0 saturated heterocycles. The van der Waals surface area contributed by atoms with Gasteiger partial charge in [0.05, 0.1) is 13.1 Å². The first kappa shape index (κ1) is 26.7. The molecule has 0 bridgehead atoms. The van der Waals surface area contributed by atoms with Crippen molar-refractivity contribution in [3.05, 3.63) is 48.0 Å². The first-order chi connectivity index (χ1) is 16.7. The number of rotatable bonds is 13. The molecule has 1 aliphatic heterocycles. The standard InChI is InChI=1S/C22H25N5O8/c28-16(8-9-27-19(31)6-7-20(27)32)23-11-17(29)24-12-18(30)26-15(22(35)25-13-21(33)34)10-14-4-2-1-3-5-14/h1-7,15H,8-13H2,(H,23,28)(H,24,29)(H,25,35)(H,26,30)(H,33,34)/t15-/m0/s1. The lowest BCUT2D eigenvalue weighted by Crippen LogP contribution is -2.51. The van der Waals surface area contributed by atoms with Crippen LogP contribution >= 0.6 is 0 Å². The molecule has 0 saturated carbocycles. The van der Waals surface area contributed by atoms with Crippen LogP contribution in [-0.4, -0.2) is 83.6 Å². The van der Waals surface area contributed by atoms with Crippen molar-refractivity contribution in [2.24, 2.45) is 0 Å². The van der Waals surface area contributed by atoms with Crippen LogP contribution in [0.4, 0.5) is 0 Å². The van der Waals surface area contributed by atoms with Gasteiger partial charge in [-0.1, -0.05) is 30.3 Å². The van der Waals surface area contributed by atoms with Gasteiger partial charge in [0.2, 0.25) is 23.6 Å². The third-order valence-electron chi connectivity index (χ3n) is 4.70. The highest BCUT2D eigenvalue weighted by molar-refractivity contribution is 6.13. The second-order valence-corrected chi connectivity index (χ2v) is 7.39. The van der Waals surface area contributed by atoms with Crippen LogP contribution < -0.4 is 21.3 Å². The molecular weight excluding hydrogens is 462 g/mol. The van der Waals surface area contributed by atoms with Crippen molar-refractivity contribution >= 4 is 41.4 Å². The SMILES string of the molecule is O=C(O)CNC(=O)[C@H](Cc1ccccc1)NC(=O)CNC(=O)CNC(=O)CCN1C(=O)C=CC1=O. The summed E-state index contributed by atoms with van der Waals surface area (Å²) in [5.74, 6) is -4.94. The molecule has 0 radical (unpaired) electrons. The van der Waals surface area contributed by atoms with Gasteiger partial charge in [-0.3, -0.25) is 38.5 Å². The molecular formula is C22H25N5O8. The highest BCUT2D eigenvalue weighted by atomic mass is 16.4. The van der Waals surface area contributed by atoms with E-state index in [0.29, 0.717) is 0 Å². The number of carbonyl (C=O) groups is 7. The van der Waals surface area contributed by atoms with Crippen LogP contribution in [-0.2, 0) is 40.0 Å². The number of benzene rings is 1.